The lowest BCUT2D eigenvalue weighted by Gasteiger charge is -2.08. The maximum Gasteiger partial charge on any atom is 0.161 e. The molecule has 5 nitrogen and oxygen atoms in total. The Labute approximate surface area is 116 Å². The van der Waals surface area contributed by atoms with Crippen LogP contribution in [-0.2, 0) is 6.42 Å². The van der Waals surface area contributed by atoms with E-state index in [1.807, 2.05) is 6.07 Å². The SMILES string of the molecule is CCCc1cc(NN)nc(-c2ccc(O)c(Cl)c2)n1. The fourth-order valence-corrected chi connectivity index (χ4v) is 1.91. The van der Waals surface area contributed by atoms with E-state index in [4.69, 9.17) is 17.4 Å². The van der Waals surface area contributed by atoms with Crippen molar-refractivity contribution in [2.75, 3.05) is 5.43 Å². The largest absolute Gasteiger partial charge is 0.506 e. The third-order valence-electron chi connectivity index (χ3n) is 2.64. The number of nitrogens with one attached hydrogen (secondary N) is 1. The number of aromatic hydroxyl groups is 1. The van der Waals surface area contributed by atoms with E-state index in [1.165, 1.54) is 6.07 Å². The van der Waals surface area contributed by atoms with Crippen LogP contribution >= 0.6 is 11.6 Å². The lowest BCUT2D eigenvalue weighted by Crippen LogP contribution is -2.10. The molecule has 19 heavy (non-hydrogen) atoms. The molecule has 0 amide bonds. The maximum absolute atomic E-state index is 9.43. The van der Waals surface area contributed by atoms with E-state index in [0.29, 0.717) is 11.6 Å². The summed E-state index contributed by atoms with van der Waals surface area (Å²) in [6.45, 7) is 2.08. The number of phenols is 1. The highest BCUT2D eigenvalue weighted by atomic mass is 35.5. The molecule has 0 saturated heterocycles. The molecule has 0 radical (unpaired) electrons. The van der Waals surface area contributed by atoms with Crippen LogP contribution in [-0.4, -0.2) is 15.1 Å². The van der Waals surface area contributed by atoms with Crippen LogP contribution in [0.2, 0.25) is 5.02 Å². The van der Waals surface area contributed by atoms with Crippen LogP contribution in [0.25, 0.3) is 11.4 Å². The van der Waals surface area contributed by atoms with Crippen molar-refractivity contribution in [3.8, 4) is 17.1 Å². The summed E-state index contributed by atoms with van der Waals surface area (Å²) in [5.41, 5.74) is 4.17. The minimum Gasteiger partial charge on any atom is -0.506 e. The zero-order valence-corrected chi connectivity index (χ0v) is 11.3. The summed E-state index contributed by atoms with van der Waals surface area (Å²) in [4.78, 5) is 8.75. The van der Waals surface area contributed by atoms with Gasteiger partial charge in [-0.2, -0.15) is 0 Å². The summed E-state index contributed by atoms with van der Waals surface area (Å²) in [5.74, 6) is 6.53. The van der Waals surface area contributed by atoms with Crippen LogP contribution in [0.1, 0.15) is 19.0 Å². The van der Waals surface area contributed by atoms with Crippen molar-refractivity contribution in [2.45, 2.75) is 19.8 Å². The van der Waals surface area contributed by atoms with Gasteiger partial charge in [-0.15, -0.1) is 0 Å². The van der Waals surface area contributed by atoms with Crippen molar-refractivity contribution in [1.29, 1.82) is 0 Å². The first kappa shape index (κ1) is 13.6. The number of nitrogen functional groups attached to an aromatic ring is 1. The summed E-state index contributed by atoms with van der Waals surface area (Å²) in [5, 5.41) is 9.69. The first-order valence-corrected chi connectivity index (χ1v) is 6.35. The van der Waals surface area contributed by atoms with Gasteiger partial charge < -0.3 is 10.5 Å². The lowest BCUT2D eigenvalue weighted by molar-refractivity contribution is 0.475. The number of benzene rings is 1. The van der Waals surface area contributed by atoms with Gasteiger partial charge in [-0.05, 0) is 24.6 Å². The molecule has 0 unspecified atom stereocenters. The van der Waals surface area contributed by atoms with Gasteiger partial charge >= 0.3 is 0 Å². The number of hydrogen-bond acceptors (Lipinski definition) is 5. The minimum absolute atomic E-state index is 0.0345. The monoisotopic (exact) mass is 278 g/mol. The van der Waals surface area contributed by atoms with Crippen LogP contribution in [0, 0.1) is 0 Å². The molecule has 1 aromatic heterocycles. The molecule has 0 bridgehead atoms. The van der Waals surface area contributed by atoms with E-state index >= 15 is 0 Å². The minimum atomic E-state index is 0.0345. The molecule has 100 valence electrons. The molecule has 0 spiro atoms. The van der Waals surface area contributed by atoms with Crippen LogP contribution in [0.5, 0.6) is 5.75 Å². The number of halogens is 1. The fourth-order valence-electron chi connectivity index (χ4n) is 1.73. The van der Waals surface area contributed by atoms with E-state index in [1.54, 1.807) is 12.1 Å². The second-order valence-corrected chi connectivity index (χ2v) is 4.54. The summed E-state index contributed by atoms with van der Waals surface area (Å²) >= 11 is 5.89. The molecule has 4 N–H and O–H groups in total. The van der Waals surface area contributed by atoms with E-state index in [0.717, 1.165) is 24.1 Å². The van der Waals surface area contributed by atoms with E-state index in [2.05, 4.69) is 22.3 Å². The quantitative estimate of drug-likeness (QED) is 0.591. The number of anilines is 1. The Kier molecular flexibility index (Phi) is 4.19. The second-order valence-electron chi connectivity index (χ2n) is 4.13. The highest BCUT2D eigenvalue weighted by Gasteiger charge is 2.08. The summed E-state index contributed by atoms with van der Waals surface area (Å²) in [7, 11) is 0. The van der Waals surface area contributed by atoms with Crippen LogP contribution in [0.3, 0.4) is 0 Å². The molecule has 1 heterocycles. The Balaban J connectivity index is 2.47. The van der Waals surface area contributed by atoms with Crippen molar-refractivity contribution in [2.24, 2.45) is 5.84 Å². The van der Waals surface area contributed by atoms with Crippen molar-refractivity contribution in [3.63, 3.8) is 0 Å². The van der Waals surface area contributed by atoms with Gasteiger partial charge in [0.2, 0.25) is 0 Å². The molecule has 1 aromatic carbocycles. The van der Waals surface area contributed by atoms with Crippen molar-refractivity contribution in [3.05, 3.63) is 35.0 Å². The third-order valence-corrected chi connectivity index (χ3v) is 2.94. The van der Waals surface area contributed by atoms with Crippen LogP contribution < -0.4 is 11.3 Å². The van der Waals surface area contributed by atoms with Crippen LogP contribution in [0.15, 0.2) is 24.3 Å². The average molecular weight is 279 g/mol. The zero-order valence-electron chi connectivity index (χ0n) is 10.5. The summed E-state index contributed by atoms with van der Waals surface area (Å²) in [6.07, 6.45) is 1.83. The molecule has 0 fully saturated rings. The summed E-state index contributed by atoms with van der Waals surface area (Å²) in [6, 6.07) is 6.67. The standard InChI is InChI=1S/C13H15ClN4O/c1-2-3-9-7-12(18-15)17-13(16-9)8-4-5-11(19)10(14)6-8/h4-7,19H,2-3,15H2,1H3,(H,16,17,18). The first-order chi connectivity index (χ1) is 9.13. The summed E-state index contributed by atoms with van der Waals surface area (Å²) < 4.78 is 0. The third kappa shape index (κ3) is 3.13. The molecular weight excluding hydrogens is 264 g/mol. The molecule has 6 heteroatoms. The molecule has 2 aromatic rings. The Morgan fingerprint density at radius 2 is 2.11 bits per heavy atom. The molecular formula is C13H15ClN4O. The number of rotatable bonds is 4. The van der Waals surface area contributed by atoms with Gasteiger partial charge in [0.1, 0.15) is 11.6 Å². The number of aryl methyl sites for hydroxylation is 1. The van der Waals surface area contributed by atoms with Gasteiger partial charge in [-0.25, -0.2) is 15.8 Å². The van der Waals surface area contributed by atoms with Gasteiger partial charge in [0, 0.05) is 17.3 Å². The number of phenolic OH excluding ortho intramolecular Hbond substituents is 1. The number of hydrogen-bond donors (Lipinski definition) is 3. The Bertz CT molecular complexity index is 589. The van der Waals surface area contributed by atoms with E-state index in [9.17, 15) is 5.11 Å². The average Bonchev–Trinajstić information content (AvgIpc) is 2.42. The van der Waals surface area contributed by atoms with Gasteiger partial charge in [0.25, 0.3) is 0 Å². The fraction of sp³-hybridized carbons (Fsp3) is 0.231. The molecule has 0 aliphatic heterocycles. The Hall–Kier alpha value is -1.85. The highest BCUT2D eigenvalue weighted by Crippen LogP contribution is 2.28. The normalized spacial score (nSPS) is 10.5. The van der Waals surface area contributed by atoms with Gasteiger partial charge in [0.15, 0.2) is 5.82 Å². The Morgan fingerprint density at radius 3 is 2.74 bits per heavy atom. The number of hydrazine groups is 1. The molecule has 0 atom stereocenters. The topological polar surface area (TPSA) is 84.1 Å². The number of nitrogens with two attached hydrogens (primary N) is 1. The predicted molar refractivity (Wildman–Crippen MR) is 75.9 cm³/mol. The highest BCUT2D eigenvalue weighted by molar-refractivity contribution is 6.32. The van der Waals surface area contributed by atoms with Crippen LogP contribution in [0.4, 0.5) is 5.82 Å². The molecule has 0 aliphatic carbocycles. The second kappa shape index (κ2) is 5.86. The molecule has 0 aliphatic rings. The van der Waals surface area contributed by atoms with Crippen molar-refractivity contribution < 1.29 is 5.11 Å². The zero-order chi connectivity index (χ0) is 13.8. The lowest BCUT2D eigenvalue weighted by atomic mass is 10.2. The molecule has 2 rings (SSSR count). The first-order valence-electron chi connectivity index (χ1n) is 5.97. The van der Waals surface area contributed by atoms with Gasteiger partial charge in [-0.3, -0.25) is 0 Å². The number of aromatic nitrogens is 2. The smallest absolute Gasteiger partial charge is 0.161 e. The van der Waals surface area contributed by atoms with Gasteiger partial charge in [0.05, 0.1) is 5.02 Å². The Morgan fingerprint density at radius 1 is 1.32 bits per heavy atom. The predicted octanol–water partition coefficient (Wildman–Crippen LogP) is 2.74. The molecule has 0 saturated carbocycles. The maximum atomic E-state index is 9.43. The van der Waals surface area contributed by atoms with Crippen molar-refractivity contribution in [1.82, 2.24) is 9.97 Å². The van der Waals surface area contributed by atoms with E-state index < -0.39 is 0 Å². The number of nitrogens with zero attached hydrogens (tertiary/aromatic N) is 2. The van der Waals surface area contributed by atoms with E-state index in [-0.39, 0.29) is 10.8 Å². The van der Waals surface area contributed by atoms with Gasteiger partial charge in [-0.1, -0.05) is 24.9 Å². The van der Waals surface area contributed by atoms with Crippen molar-refractivity contribution >= 4 is 17.4 Å².